The Morgan fingerprint density at radius 1 is 1.43 bits per heavy atom. The molecule has 0 fully saturated rings. The molecule has 1 amide bonds. The quantitative estimate of drug-likeness (QED) is 0.773. The van der Waals surface area contributed by atoms with E-state index in [0.717, 1.165) is 10.0 Å². The van der Waals surface area contributed by atoms with E-state index in [1.54, 1.807) is 6.07 Å². The first-order valence-electron chi connectivity index (χ1n) is 4.44. The monoisotopic (exact) mass is 275 g/mol. The maximum absolute atomic E-state index is 11.2. The summed E-state index contributed by atoms with van der Waals surface area (Å²) in [6, 6.07) is 3.63. The Bertz CT molecular complexity index is 365. The normalized spacial score (nSPS) is 12.7. The Labute approximate surface area is 96.8 Å². The zero-order valence-electron chi connectivity index (χ0n) is 8.03. The molecule has 1 aromatic carbocycles. The van der Waals surface area contributed by atoms with Crippen LogP contribution in [0, 0.1) is 0 Å². The Balaban J connectivity index is 0.000000461. The van der Waals surface area contributed by atoms with Crippen LogP contribution in [-0.2, 0) is 6.54 Å². The van der Waals surface area contributed by atoms with Gasteiger partial charge in [-0.3, -0.25) is 4.79 Å². The highest BCUT2D eigenvalue weighted by atomic mass is 79.9. The van der Waals surface area contributed by atoms with Crippen LogP contribution in [0.2, 0.25) is 5.02 Å². The molecule has 1 aliphatic heterocycles. The number of nitrogens with one attached hydrogen (secondary N) is 1. The van der Waals surface area contributed by atoms with E-state index in [1.165, 1.54) is 0 Å². The summed E-state index contributed by atoms with van der Waals surface area (Å²) in [4.78, 5) is 11.2. The van der Waals surface area contributed by atoms with E-state index in [2.05, 4.69) is 21.2 Å². The Morgan fingerprint density at radius 2 is 2.07 bits per heavy atom. The van der Waals surface area contributed by atoms with Crippen molar-refractivity contribution in [3.63, 3.8) is 0 Å². The van der Waals surface area contributed by atoms with Crippen molar-refractivity contribution in [1.82, 2.24) is 5.32 Å². The number of carbonyl (C=O) groups excluding carboxylic acids is 1. The lowest BCUT2D eigenvalue weighted by Crippen LogP contribution is -2.12. The third-order valence-electron chi connectivity index (χ3n) is 1.80. The number of amides is 1. The molecule has 0 aliphatic carbocycles. The van der Waals surface area contributed by atoms with Gasteiger partial charge in [0.05, 0.1) is 10.6 Å². The number of carbonyl (C=O) groups is 1. The van der Waals surface area contributed by atoms with Gasteiger partial charge in [0.25, 0.3) is 5.91 Å². The van der Waals surface area contributed by atoms with Crippen LogP contribution in [0.3, 0.4) is 0 Å². The number of halogens is 2. The first-order valence-corrected chi connectivity index (χ1v) is 5.61. The summed E-state index contributed by atoms with van der Waals surface area (Å²) in [7, 11) is 0. The molecule has 4 heteroatoms. The Hall–Kier alpha value is -0.540. The van der Waals surface area contributed by atoms with E-state index in [0.29, 0.717) is 17.1 Å². The van der Waals surface area contributed by atoms with Gasteiger partial charge >= 0.3 is 0 Å². The second kappa shape index (κ2) is 4.80. The average molecular weight is 277 g/mol. The topological polar surface area (TPSA) is 29.1 Å². The summed E-state index contributed by atoms with van der Waals surface area (Å²) in [6.45, 7) is 4.58. The molecule has 1 aromatic rings. The summed E-state index contributed by atoms with van der Waals surface area (Å²) in [5.74, 6) is -0.0810. The van der Waals surface area contributed by atoms with Gasteiger partial charge in [0.15, 0.2) is 0 Å². The molecule has 0 radical (unpaired) electrons. The molecule has 1 N–H and O–H groups in total. The van der Waals surface area contributed by atoms with Crippen molar-refractivity contribution in [1.29, 1.82) is 0 Å². The predicted molar refractivity (Wildman–Crippen MR) is 61.7 cm³/mol. The van der Waals surface area contributed by atoms with Gasteiger partial charge in [0.2, 0.25) is 0 Å². The molecule has 0 atom stereocenters. The molecule has 0 saturated heterocycles. The summed E-state index contributed by atoms with van der Waals surface area (Å²) >= 11 is 9.19. The number of hydrogen-bond donors (Lipinski definition) is 1. The van der Waals surface area contributed by atoms with Crippen molar-refractivity contribution in [3.8, 4) is 0 Å². The van der Waals surface area contributed by atoms with E-state index in [1.807, 2.05) is 19.9 Å². The maximum atomic E-state index is 11.2. The van der Waals surface area contributed by atoms with Crippen molar-refractivity contribution < 1.29 is 4.79 Å². The summed E-state index contributed by atoms with van der Waals surface area (Å²) in [5, 5.41) is 3.22. The average Bonchev–Trinajstić information content (AvgIpc) is 2.51. The van der Waals surface area contributed by atoms with E-state index >= 15 is 0 Å². The van der Waals surface area contributed by atoms with Crippen LogP contribution in [0.25, 0.3) is 0 Å². The third-order valence-corrected chi connectivity index (χ3v) is 2.56. The van der Waals surface area contributed by atoms with Crippen molar-refractivity contribution in [3.05, 3.63) is 32.8 Å². The second-order valence-corrected chi connectivity index (χ2v) is 3.93. The van der Waals surface area contributed by atoms with E-state index < -0.39 is 0 Å². The van der Waals surface area contributed by atoms with E-state index in [9.17, 15) is 4.79 Å². The number of fused-ring (bicyclic) bond motifs is 1. The molecule has 1 heterocycles. The third kappa shape index (κ3) is 2.10. The molecule has 1 aliphatic rings. The van der Waals surface area contributed by atoms with Gasteiger partial charge in [-0.05, 0) is 17.7 Å². The SMILES string of the molecule is CC.O=C1NCc2cc(Br)cc(Cl)c21. The van der Waals surface area contributed by atoms with Crippen molar-refractivity contribution >= 4 is 33.4 Å². The van der Waals surface area contributed by atoms with Gasteiger partial charge in [0.1, 0.15) is 0 Å². The van der Waals surface area contributed by atoms with Crippen LogP contribution in [0.1, 0.15) is 29.8 Å². The van der Waals surface area contributed by atoms with Crippen LogP contribution >= 0.6 is 27.5 Å². The predicted octanol–water partition coefficient (Wildman–Crippen LogP) is 3.37. The molecule has 2 nitrogen and oxygen atoms in total. The van der Waals surface area contributed by atoms with Crippen LogP contribution in [-0.4, -0.2) is 5.91 Å². The highest BCUT2D eigenvalue weighted by molar-refractivity contribution is 9.10. The maximum Gasteiger partial charge on any atom is 0.253 e. The number of benzene rings is 1. The fourth-order valence-electron chi connectivity index (χ4n) is 1.28. The minimum atomic E-state index is -0.0810. The van der Waals surface area contributed by atoms with Crippen molar-refractivity contribution in [2.24, 2.45) is 0 Å². The van der Waals surface area contributed by atoms with Crippen molar-refractivity contribution in [2.45, 2.75) is 20.4 Å². The fraction of sp³-hybridized carbons (Fsp3) is 0.300. The second-order valence-electron chi connectivity index (χ2n) is 2.60. The van der Waals surface area contributed by atoms with Crippen molar-refractivity contribution in [2.75, 3.05) is 0 Å². The minimum absolute atomic E-state index is 0.0810. The van der Waals surface area contributed by atoms with Crippen LogP contribution < -0.4 is 5.32 Å². The number of hydrogen-bond acceptors (Lipinski definition) is 1. The van der Waals surface area contributed by atoms with Gasteiger partial charge in [0, 0.05) is 11.0 Å². The molecule has 76 valence electrons. The molecule has 0 unspecified atom stereocenters. The van der Waals surface area contributed by atoms with Gasteiger partial charge < -0.3 is 5.32 Å². The Kier molecular flexibility index (Phi) is 3.96. The lowest BCUT2D eigenvalue weighted by Gasteiger charge is -1.99. The summed E-state index contributed by atoms with van der Waals surface area (Å²) in [6.07, 6.45) is 0. The highest BCUT2D eigenvalue weighted by Crippen LogP contribution is 2.28. The molecular weight excluding hydrogens is 265 g/mol. The molecule has 0 spiro atoms. The standard InChI is InChI=1S/C8H5BrClNO.C2H6/c9-5-1-4-3-11-8(12)7(4)6(10)2-5;1-2/h1-2H,3H2,(H,11,12);1-2H3. The first kappa shape index (κ1) is 11.5. The molecule has 2 rings (SSSR count). The zero-order chi connectivity index (χ0) is 10.7. The summed E-state index contributed by atoms with van der Waals surface area (Å²) in [5.41, 5.74) is 1.57. The molecule has 0 bridgehead atoms. The molecule has 14 heavy (non-hydrogen) atoms. The molecule has 0 aromatic heterocycles. The van der Waals surface area contributed by atoms with Gasteiger partial charge in [-0.1, -0.05) is 41.4 Å². The zero-order valence-corrected chi connectivity index (χ0v) is 10.4. The lowest BCUT2D eigenvalue weighted by molar-refractivity contribution is 0.0966. The van der Waals surface area contributed by atoms with Crippen LogP contribution in [0.4, 0.5) is 0 Å². The van der Waals surface area contributed by atoms with Crippen LogP contribution in [0.5, 0.6) is 0 Å². The highest BCUT2D eigenvalue weighted by Gasteiger charge is 2.21. The molecule has 0 saturated carbocycles. The van der Waals surface area contributed by atoms with Crippen LogP contribution in [0.15, 0.2) is 16.6 Å². The Morgan fingerprint density at radius 3 is 2.71 bits per heavy atom. The minimum Gasteiger partial charge on any atom is -0.348 e. The number of rotatable bonds is 0. The molecular formula is C10H11BrClNO. The fourth-order valence-corrected chi connectivity index (χ4v) is 2.25. The summed E-state index contributed by atoms with van der Waals surface area (Å²) < 4.78 is 0.905. The smallest absolute Gasteiger partial charge is 0.253 e. The van der Waals surface area contributed by atoms with Gasteiger partial charge in [-0.2, -0.15) is 0 Å². The van der Waals surface area contributed by atoms with E-state index in [4.69, 9.17) is 11.6 Å². The lowest BCUT2D eigenvalue weighted by atomic mass is 10.1. The first-order chi connectivity index (χ1) is 6.68. The largest absolute Gasteiger partial charge is 0.348 e. The van der Waals surface area contributed by atoms with E-state index in [-0.39, 0.29) is 5.91 Å². The van der Waals surface area contributed by atoms with Gasteiger partial charge in [-0.15, -0.1) is 0 Å². The van der Waals surface area contributed by atoms with Gasteiger partial charge in [-0.25, -0.2) is 0 Å².